The number of Topliss-reactive ketones (excluding diaryl/α,β-unsaturated/α-hetero) is 1. The van der Waals surface area contributed by atoms with Crippen molar-refractivity contribution in [2.24, 2.45) is 35.5 Å². The molecule has 6 rings (SSSR count). The summed E-state index contributed by atoms with van der Waals surface area (Å²) < 4.78 is 49.5. The second-order valence-corrected chi connectivity index (χ2v) is 16.5. The zero-order chi connectivity index (χ0) is 37.3. The van der Waals surface area contributed by atoms with Crippen molar-refractivity contribution in [2.45, 2.75) is 153 Å². The molecule has 11 nitrogen and oxygen atoms in total. The second-order valence-electron chi connectivity index (χ2n) is 16.5. The number of fused-ring (bicyclic) bond motifs is 5. The summed E-state index contributed by atoms with van der Waals surface area (Å²) in [6.45, 7) is 8.17. The molecule has 17 atom stereocenters. The van der Waals surface area contributed by atoms with Gasteiger partial charge in [-0.3, -0.25) is 9.59 Å². The number of ether oxygens (including phenoxy) is 8. The van der Waals surface area contributed by atoms with Gasteiger partial charge in [0.25, 0.3) is 0 Å². The molecule has 0 bridgehead atoms. The SMILES string of the molecule is CC[C@H]1CCC[C@H](O[C@H]2CC[C@H](N(C)C)[C@@H](C)O2)[C@@H](C)C(=O)C2=C[C@H]3[C@@H](C=C[C@@H]4C[C@@H](O[C@@H]5O[C@@H](C)[C@H](OC)[C@@H](OC)[C@H]5OC)C[C@@H]34)[C@@H]2CC(=O)O1. The molecule has 3 aliphatic heterocycles. The van der Waals surface area contributed by atoms with Crippen molar-refractivity contribution in [1.29, 1.82) is 0 Å². The molecule has 0 spiro atoms. The minimum atomic E-state index is -0.594. The van der Waals surface area contributed by atoms with Gasteiger partial charge >= 0.3 is 5.97 Å². The Labute approximate surface area is 311 Å². The van der Waals surface area contributed by atoms with Crippen LogP contribution in [-0.4, -0.2) is 120 Å². The molecular weight excluding hydrogens is 666 g/mol. The predicted molar refractivity (Wildman–Crippen MR) is 194 cm³/mol. The highest BCUT2D eigenvalue weighted by Gasteiger charge is 2.52. The predicted octanol–water partition coefficient (Wildman–Crippen LogP) is 5.49. The summed E-state index contributed by atoms with van der Waals surface area (Å²) >= 11 is 0. The summed E-state index contributed by atoms with van der Waals surface area (Å²) in [7, 11) is 9.15. The van der Waals surface area contributed by atoms with Gasteiger partial charge in [-0.05, 0) is 109 Å². The molecule has 3 aliphatic carbocycles. The van der Waals surface area contributed by atoms with Gasteiger partial charge < -0.3 is 42.8 Å². The number of carbonyl (C=O) groups excluding carboxylic acids is 2. The summed E-state index contributed by atoms with van der Waals surface area (Å²) in [5, 5.41) is 0. The van der Waals surface area contributed by atoms with Crippen molar-refractivity contribution in [3.63, 3.8) is 0 Å². The van der Waals surface area contributed by atoms with E-state index >= 15 is 0 Å². The quantitative estimate of drug-likeness (QED) is 0.222. The Hall–Kier alpha value is -1.70. The van der Waals surface area contributed by atoms with Crippen LogP contribution in [0.1, 0.15) is 85.5 Å². The second kappa shape index (κ2) is 17.4. The summed E-state index contributed by atoms with van der Waals surface area (Å²) in [6, 6.07) is 0.339. The van der Waals surface area contributed by atoms with Crippen LogP contribution in [0.25, 0.3) is 0 Å². The summed E-state index contributed by atoms with van der Waals surface area (Å²) in [5.41, 5.74) is 0.763. The standard InChI is InChI=1S/C41H65NO10/c1-10-26-12-11-13-34(52-36-17-16-33(42(5)6)23(3)48-36)22(2)37(44)32-20-30-28(31(32)21-35(43)50-26)15-14-25-18-27(19-29(25)30)51-41-40(47-9)39(46-8)38(45-7)24(4)49-41/h14-15,20,22-31,33-34,36,38-41H,10-13,16-19,21H2,1-9H3/t22-,23-,24+,25-,26+,27-,28-,29-,30+,31+,33+,34+,36+,38+,39-,40-,41+/m1/s1. The number of ketones is 1. The van der Waals surface area contributed by atoms with Gasteiger partial charge in [-0.15, -0.1) is 0 Å². The van der Waals surface area contributed by atoms with Crippen LogP contribution >= 0.6 is 0 Å². The number of hydrogen-bond acceptors (Lipinski definition) is 11. The van der Waals surface area contributed by atoms with Gasteiger partial charge in [0.1, 0.15) is 24.4 Å². The van der Waals surface area contributed by atoms with Crippen LogP contribution < -0.4 is 0 Å². The van der Waals surface area contributed by atoms with E-state index in [2.05, 4.69) is 51.1 Å². The Morgan fingerprint density at radius 3 is 2.25 bits per heavy atom. The third kappa shape index (κ3) is 8.27. The lowest BCUT2D eigenvalue weighted by atomic mass is 9.70. The van der Waals surface area contributed by atoms with E-state index in [4.69, 9.17) is 37.9 Å². The summed E-state index contributed by atoms with van der Waals surface area (Å²) in [6.07, 6.45) is 10.8. The Morgan fingerprint density at radius 1 is 0.827 bits per heavy atom. The first-order valence-corrected chi connectivity index (χ1v) is 20.0. The van der Waals surface area contributed by atoms with Crippen molar-refractivity contribution >= 4 is 11.8 Å². The number of carbonyl (C=O) groups is 2. The number of nitrogens with zero attached hydrogens (tertiary/aromatic N) is 1. The minimum absolute atomic E-state index is 0.0380. The molecule has 0 radical (unpaired) electrons. The smallest absolute Gasteiger partial charge is 0.306 e. The zero-order valence-corrected chi connectivity index (χ0v) is 32.9. The van der Waals surface area contributed by atoms with Crippen LogP contribution in [-0.2, 0) is 47.5 Å². The monoisotopic (exact) mass is 731 g/mol. The minimum Gasteiger partial charge on any atom is -0.462 e. The van der Waals surface area contributed by atoms with E-state index in [1.165, 1.54) is 0 Å². The molecule has 0 aromatic heterocycles. The van der Waals surface area contributed by atoms with Gasteiger partial charge in [0, 0.05) is 39.2 Å². The molecule has 52 heavy (non-hydrogen) atoms. The molecule has 0 aromatic carbocycles. The number of cyclic esters (lactones) is 1. The fourth-order valence-electron chi connectivity index (χ4n) is 10.4. The van der Waals surface area contributed by atoms with E-state index in [0.29, 0.717) is 18.4 Å². The third-order valence-electron chi connectivity index (χ3n) is 13.3. The number of hydrogen-bond donors (Lipinski definition) is 0. The van der Waals surface area contributed by atoms with Gasteiger partial charge in [0.15, 0.2) is 18.4 Å². The maximum atomic E-state index is 14.7. The molecule has 0 unspecified atom stereocenters. The van der Waals surface area contributed by atoms with Gasteiger partial charge in [0.05, 0.1) is 30.8 Å². The van der Waals surface area contributed by atoms with Gasteiger partial charge in [0.2, 0.25) is 0 Å². The lowest BCUT2D eigenvalue weighted by Crippen LogP contribution is -2.59. The van der Waals surface area contributed by atoms with Crippen LogP contribution in [0.3, 0.4) is 0 Å². The van der Waals surface area contributed by atoms with Gasteiger partial charge in [-0.25, -0.2) is 0 Å². The molecule has 3 saturated heterocycles. The highest BCUT2D eigenvalue weighted by atomic mass is 16.7. The molecule has 0 N–H and O–H groups in total. The fraction of sp³-hybridized carbons (Fsp3) is 0.854. The number of methoxy groups -OCH3 is 3. The van der Waals surface area contributed by atoms with Crippen LogP contribution in [0, 0.1) is 35.5 Å². The number of allylic oxidation sites excluding steroid dienone is 4. The molecule has 1 saturated carbocycles. The highest BCUT2D eigenvalue weighted by Crippen LogP contribution is 2.54. The molecule has 4 fully saturated rings. The number of esters is 1. The molecular formula is C41H65NO10. The Morgan fingerprint density at radius 2 is 1.58 bits per heavy atom. The van der Waals surface area contributed by atoms with Crippen LogP contribution in [0.5, 0.6) is 0 Å². The van der Waals surface area contributed by atoms with Crippen molar-refractivity contribution in [3.05, 3.63) is 23.8 Å². The highest BCUT2D eigenvalue weighted by molar-refractivity contribution is 5.99. The summed E-state index contributed by atoms with van der Waals surface area (Å²) in [4.78, 5) is 30.4. The number of rotatable bonds is 9. The van der Waals surface area contributed by atoms with Gasteiger partial charge in [-0.1, -0.05) is 32.1 Å². The molecule has 0 aromatic rings. The number of likely N-dealkylation sites (N-methyl/N-ethyl adjacent to an activating group) is 1. The third-order valence-corrected chi connectivity index (χ3v) is 13.3. The Bertz CT molecular complexity index is 1290. The average Bonchev–Trinajstić information content (AvgIpc) is 3.70. The Balaban J connectivity index is 1.20. The average molecular weight is 732 g/mol. The van der Waals surface area contributed by atoms with Crippen LogP contribution in [0.4, 0.5) is 0 Å². The lowest BCUT2D eigenvalue weighted by molar-refractivity contribution is -0.314. The maximum absolute atomic E-state index is 14.7. The Kier molecular flexibility index (Phi) is 13.4. The van der Waals surface area contributed by atoms with E-state index in [-0.39, 0.29) is 96.8 Å². The van der Waals surface area contributed by atoms with Gasteiger partial charge in [-0.2, -0.15) is 0 Å². The van der Waals surface area contributed by atoms with E-state index in [9.17, 15) is 9.59 Å². The lowest BCUT2D eigenvalue weighted by Gasteiger charge is -2.44. The van der Waals surface area contributed by atoms with Crippen molar-refractivity contribution in [3.8, 4) is 0 Å². The zero-order valence-electron chi connectivity index (χ0n) is 32.9. The first kappa shape index (κ1) is 40.0. The fourth-order valence-corrected chi connectivity index (χ4v) is 10.4. The largest absolute Gasteiger partial charge is 0.462 e. The van der Waals surface area contributed by atoms with Crippen LogP contribution in [0.2, 0.25) is 0 Å². The molecule has 0 amide bonds. The van der Waals surface area contributed by atoms with E-state index in [1.807, 2.05) is 13.8 Å². The maximum Gasteiger partial charge on any atom is 0.306 e. The molecule has 6 aliphatic rings. The van der Waals surface area contributed by atoms with E-state index in [1.54, 1.807) is 21.3 Å². The first-order chi connectivity index (χ1) is 25.0. The molecule has 11 heteroatoms. The summed E-state index contributed by atoms with van der Waals surface area (Å²) in [5.74, 6) is 0.0198. The normalized spacial score (nSPS) is 45.7. The van der Waals surface area contributed by atoms with Crippen molar-refractivity contribution in [1.82, 2.24) is 4.90 Å². The first-order valence-electron chi connectivity index (χ1n) is 20.0. The van der Waals surface area contributed by atoms with Crippen molar-refractivity contribution in [2.75, 3.05) is 35.4 Å². The van der Waals surface area contributed by atoms with Crippen LogP contribution in [0.15, 0.2) is 23.8 Å². The molecule has 3 heterocycles. The van der Waals surface area contributed by atoms with E-state index in [0.717, 1.165) is 50.5 Å². The van der Waals surface area contributed by atoms with E-state index < -0.39 is 12.4 Å². The molecule has 294 valence electrons. The van der Waals surface area contributed by atoms with Crippen molar-refractivity contribution < 1.29 is 47.5 Å². The topological polar surface area (TPSA) is 111 Å².